The van der Waals surface area contributed by atoms with Crippen LogP contribution < -0.4 is 4.90 Å². The Kier molecular flexibility index (Phi) is 7.57. The first-order valence-corrected chi connectivity index (χ1v) is 21.5. The molecular weight excluding hydrogens is 679 g/mol. The highest BCUT2D eigenvalue weighted by Crippen LogP contribution is 2.70. The molecule has 0 saturated carbocycles. The fourth-order valence-electron chi connectivity index (χ4n) is 11.2. The van der Waals surface area contributed by atoms with Crippen LogP contribution >= 0.6 is 23.5 Å². The average molecular weight is 724 g/mol. The molecule has 262 valence electrons. The van der Waals surface area contributed by atoms with E-state index in [1.807, 2.05) is 0 Å². The highest BCUT2D eigenvalue weighted by molar-refractivity contribution is 8.07. The molecule has 2 aromatic carbocycles. The van der Waals surface area contributed by atoms with Crippen LogP contribution in [0.15, 0.2) is 183 Å². The van der Waals surface area contributed by atoms with Gasteiger partial charge in [0.25, 0.3) is 0 Å². The van der Waals surface area contributed by atoms with Crippen molar-refractivity contribution in [1.82, 2.24) is 0 Å². The van der Waals surface area contributed by atoms with E-state index >= 15 is 0 Å². The largest absolute Gasteiger partial charge is 0.337 e. The van der Waals surface area contributed by atoms with E-state index in [1.54, 1.807) is 21.6 Å². The van der Waals surface area contributed by atoms with Gasteiger partial charge in [0.15, 0.2) is 0 Å². The lowest BCUT2D eigenvalue weighted by atomic mass is 9.53. The molecule has 0 amide bonds. The molecule has 1 nitrogen and oxygen atoms in total. The second-order valence-electron chi connectivity index (χ2n) is 16.1. The Morgan fingerprint density at radius 1 is 0.755 bits per heavy atom. The SMILES string of the molecule is CC12CC=CC=C1C1(C3=C(CCC=C3)SC3=C1C(C1C=CC=CC1)CC=C3)c1c(cccc1-c1cccc3c1N(C1=CC=CCC1)C1C=CC=CC31)S2. The predicted octanol–water partition coefficient (Wildman–Crippen LogP) is 13.3. The molecule has 53 heavy (non-hydrogen) atoms. The molecule has 6 unspecified atom stereocenters. The van der Waals surface area contributed by atoms with E-state index in [0.717, 1.165) is 44.9 Å². The van der Waals surface area contributed by atoms with E-state index in [2.05, 4.69) is 181 Å². The van der Waals surface area contributed by atoms with E-state index in [1.165, 1.54) is 43.4 Å². The Hall–Kier alpha value is -4.18. The third-order valence-electron chi connectivity index (χ3n) is 13.3. The second kappa shape index (κ2) is 12.4. The van der Waals surface area contributed by atoms with Crippen LogP contribution in [0.3, 0.4) is 0 Å². The van der Waals surface area contributed by atoms with Gasteiger partial charge < -0.3 is 4.90 Å². The van der Waals surface area contributed by atoms with Crippen molar-refractivity contribution in [3.63, 3.8) is 0 Å². The number of benzene rings is 2. The van der Waals surface area contributed by atoms with Crippen molar-refractivity contribution < 1.29 is 0 Å². The number of hydrogen-bond donors (Lipinski definition) is 0. The Morgan fingerprint density at radius 2 is 1.62 bits per heavy atom. The summed E-state index contributed by atoms with van der Waals surface area (Å²) in [5.41, 5.74) is 13.0. The van der Waals surface area contributed by atoms with E-state index in [4.69, 9.17) is 0 Å². The van der Waals surface area contributed by atoms with Crippen molar-refractivity contribution in [2.75, 3.05) is 4.90 Å². The zero-order valence-electron chi connectivity index (χ0n) is 30.4. The number of para-hydroxylation sites is 1. The molecule has 6 aliphatic carbocycles. The molecule has 0 radical (unpaired) electrons. The summed E-state index contributed by atoms with van der Waals surface area (Å²) in [5, 5.41) is 0. The first-order chi connectivity index (χ1) is 26.2. The third-order valence-corrected chi connectivity index (χ3v) is 15.9. The standard InChI is InChI=1S/C50H45NS2/c1-49-32-13-12-31-45(49)50(40-26-9-11-28-42(40)52-43-29-15-22-35(46(43)50)33-17-4-2-5-18-33)47-37(23-16-30-44(47)53-49)39-25-14-24-38-36-21-8-10-27-41(36)51(48(38)39)34-19-6-3-7-20-34/h2-6,8-10,12-17,19,21,23-27,29-31,33,35-36,41H,7,11,18,20,22,28,32H2,1H3. The summed E-state index contributed by atoms with van der Waals surface area (Å²) in [6.07, 6.45) is 50.9. The van der Waals surface area contributed by atoms with Gasteiger partial charge in [0.2, 0.25) is 0 Å². The molecular formula is C50H45NS2. The van der Waals surface area contributed by atoms with E-state index in [0.29, 0.717) is 23.8 Å². The zero-order chi connectivity index (χ0) is 35.1. The smallest absolute Gasteiger partial charge is 0.0679 e. The molecule has 2 aromatic rings. The van der Waals surface area contributed by atoms with Gasteiger partial charge in [-0.15, -0.1) is 11.8 Å². The van der Waals surface area contributed by atoms with Crippen LogP contribution in [0.4, 0.5) is 5.69 Å². The summed E-state index contributed by atoms with van der Waals surface area (Å²) >= 11 is 4.21. The summed E-state index contributed by atoms with van der Waals surface area (Å²) in [6, 6.07) is 14.8. The number of fused-ring (bicyclic) bond motifs is 9. The lowest BCUT2D eigenvalue weighted by Gasteiger charge is -2.57. The first-order valence-electron chi connectivity index (χ1n) is 19.8. The minimum atomic E-state index is -0.362. The molecule has 0 aromatic heterocycles. The van der Waals surface area contributed by atoms with E-state index in [9.17, 15) is 0 Å². The topological polar surface area (TPSA) is 3.24 Å². The Bertz CT molecular complexity index is 2330. The third kappa shape index (κ3) is 4.66. The van der Waals surface area contributed by atoms with E-state index in [-0.39, 0.29) is 10.2 Å². The van der Waals surface area contributed by atoms with Crippen LogP contribution in [0.1, 0.15) is 68.9 Å². The van der Waals surface area contributed by atoms with Gasteiger partial charge in [-0.25, -0.2) is 0 Å². The van der Waals surface area contributed by atoms with Crippen molar-refractivity contribution >= 4 is 29.2 Å². The summed E-state index contributed by atoms with van der Waals surface area (Å²) in [5.74, 6) is 1.24. The molecule has 9 aliphatic rings. The van der Waals surface area contributed by atoms with Gasteiger partial charge in [-0.3, -0.25) is 0 Å². The van der Waals surface area contributed by atoms with Crippen LogP contribution in [0.5, 0.6) is 0 Å². The second-order valence-corrected chi connectivity index (χ2v) is 18.8. The molecule has 11 rings (SSSR count). The van der Waals surface area contributed by atoms with Gasteiger partial charge in [0.05, 0.1) is 17.1 Å². The maximum absolute atomic E-state index is 2.73. The maximum atomic E-state index is 2.73. The fourth-order valence-corrected chi connectivity index (χ4v) is 14.1. The number of thioether (sulfide) groups is 2. The van der Waals surface area contributed by atoms with Gasteiger partial charge >= 0.3 is 0 Å². The van der Waals surface area contributed by atoms with Crippen LogP contribution in [0.25, 0.3) is 11.1 Å². The van der Waals surface area contributed by atoms with Crippen molar-refractivity contribution in [1.29, 1.82) is 0 Å². The normalized spacial score (nSPS) is 32.7. The Labute approximate surface area is 323 Å². The van der Waals surface area contributed by atoms with Gasteiger partial charge in [-0.2, -0.15) is 0 Å². The summed E-state index contributed by atoms with van der Waals surface area (Å²) in [4.78, 5) is 7.25. The van der Waals surface area contributed by atoms with Gasteiger partial charge in [-0.1, -0.05) is 145 Å². The minimum absolute atomic E-state index is 0.0493. The molecule has 0 saturated heterocycles. The van der Waals surface area contributed by atoms with Crippen molar-refractivity contribution in [2.24, 2.45) is 11.8 Å². The molecule has 6 atom stereocenters. The highest BCUT2D eigenvalue weighted by Gasteiger charge is 2.59. The zero-order valence-corrected chi connectivity index (χ0v) is 32.0. The van der Waals surface area contributed by atoms with Gasteiger partial charge in [0.1, 0.15) is 0 Å². The molecule has 0 bridgehead atoms. The molecule has 3 heteroatoms. The molecule has 3 heterocycles. The van der Waals surface area contributed by atoms with Gasteiger partial charge in [-0.05, 0) is 114 Å². The van der Waals surface area contributed by atoms with Crippen LogP contribution in [-0.2, 0) is 5.41 Å². The van der Waals surface area contributed by atoms with Gasteiger partial charge in [0, 0.05) is 31.7 Å². The summed E-state index contributed by atoms with van der Waals surface area (Å²) in [7, 11) is 0. The number of nitrogens with zero attached hydrogens (tertiary/aromatic N) is 1. The van der Waals surface area contributed by atoms with Crippen LogP contribution in [-0.4, -0.2) is 10.8 Å². The minimum Gasteiger partial charge on any atom is -0.337 e. The molecule has 1 spiro atoms. The Balaban J connectivity index is 1.25. The average Bonchev–Trinajstić information content (AvgIpc) is 3.55. The molecule has 0 N–H and O–H groups in total. The highest BCUT2D eigenvalue weighted by atomic mass is 32.2. The number of rotatable bonds is 3. The number of hydrogen-bond acceptors (Lipinski definition) is 3. The predicted molar refractivity (Wildman–Crippen MR) is 227 cm³/mol. The number of anilines is 1. The Morgan fingerprint density at radius 3 is 2.53 bits per heavy atom. The van der Waals surface area contributed by atoms with Crippen molar-refractivity contribution in [3.8, 4) is 11.1 Å². The van der Waals surface area contributed by atoms with Crippen LogP contribution in [0, 0.1) is 11.8 Å². The lowest BCUT2D eigenvalue weighted by molar-refractivity contribution is 0.399. The lowest BCUT2D eigenvalue weighted by Crippen LogP contribution is -2.50. The van der Waals surface area contributed by atoms with E-state index < -0.39 is 0 Å². The quantitative estimate of drug-likeness (QED) is 0.310. The van der Waals surface area contributed by atoms with Crippen molar-refractivity contribution in [2.45, 2.75) is 78.9 Å². The summed E-state index contributed by atoms with van der Waals surface area (Å²) < 4.78 is -0.0493. The van der Waals surface area contributed by atoms with Crippen molar-refractivity contribution in [3.05, 3.63) is 189 Å². The van der Waals surface area contributed by atoms with Crippen LogP contribution in [0.2, 0.25) is 0 Å². The maximum Gasteiger partial charge on any atom is 0.0679 e. The molecule has 0 fully saturated rings. The monoisotopic (exact) mass is 723 g/mol. The number of allylic oxidation sites excluding steroid dienone is 20. The summed E-state index contributed by atoms with van der Waals surface area (Å²) in [6.45, 7) is 2.55. The fraction of sp³-hybridized carbons (Fsp3) is 0.280. The molecule has 3 aliphatic heterocycles. The first kappa shape index (κ1) is 32.3.